The molecular formula is C11H14Cl2F3N3O. The number of urea groups is 1. The van der Waals surface area contributed by atoms with Crippen molar-refractivity contribution in [2.24, 2.45) is 5.73 Å². The van der Waals surface area contributed by atoms with Gasteiger partial charge in [-0.1, -0.05) is 11.6 Å². The van der Waals surface area contributed by atoms with Crippen molar-refractivity contribution >= 4 is 35.7 Å². The Balaban J connectivity index is 0.00000361. The summed E-state index contributed by atoms with van der Waals surface area (Å²) in [7, 11) is 0. The van der Waals surface area contributed by atoms with Crippen LogP contribution >= 0.6 is 24.0 Å². The topological polar surface area (TPSA) is 67.1 Å². The van der Waals surface area contributed by atoms with Crippen LogP contribution in [0.4, 0.5) is 23.7 Å². The number of nitrogens with two attached hydrogens (primary N) is 1. The highest BCUT2D eigenvalue weighted by Gasteiger charge is 2.31. The molecule has 114 valence electrons. The SMILES string of the molecule is Cl.NCCCNC(=O)Nc1cc(C(F)(F)F)ccc1Cl. The van der Waals surface area contributed by atoms with Gasteiger partial charge in [-0.2, -0.15) is 13.2 Å². The van der Waals surface area contributed by atoms with Gasteiger partial charge in [-0.25, -0.2) is 4.79 Å². The molecule has 0 aliphatic carbocycles. The molecular weight excluding hydrogens is 318 g/mol. The fourth-order valence-corrected chi connectivity index (χ4v) is 1.43. The van der Waals surface area contributed by atoms with Crippen molar-refractivity contribution in [3.8, 4) is 0 Å². The molecule has 0 radical (unpaired) electrons. The maximum atomic E-state index is 12.5. The molecule has 4 N–H and O–H groups in total. The third-order valence-electron chi connectivity index (χ3n) is 2.21. The van der Waals surface area contributed by atoms with Crippen LogP contribution in [0.15, 0.2) is 18.2 Å². The molecule has 1 aromatic rings. The monoisotopic (exact) mass is 331 g/mol. The Hall–Kier alpha value is -1.18. The molecule has 0 bridgehead atoms. The van der Waals surface area contributed by atoms with Crippen LogP contribution in [0.25, 0.3) is 0 Å². The van der Waals surface area contributed by atoms with E-state index in [9.17, 15) is 18.0 Å². The number of benzene rings is 1. The lowest BCUT2D eigenvalue weighted by Gasteiger charge is -2.12. The molecule has 0 spiro atoms. The van der Waals surface area contributed by atoms with Gasteiger partial charge in [-0.3, -0.25) is 0 Å². The Kier molecular flexibility index (Phi) is 7.70. The highest BCUT2D eigenvalue weighted by atomic mass is 35.5. The van der Waals surface area contributed by atoms with Gasteiger partial charge in [0.05, 0.1) is 16.3 Å². The highest BCUT2D eigenvalue weighted by molar-refractivity contribution is 6.33. The number of hydrogen-bond donors (Lipinski definition) is 3. The van der Waals surface area contributed by atoms with E-state index in [1.165, 1.54) is 0 Å². The van der Waals surface area contributed by atoms with E-state index in [4.69, 9.17) is 17.3 Å². The minimum Gasteiger partial charge on any atom is -0.338 e. The first-order valence-electron chi connectivity index (χ1n) is 5.46. The average Bonchev–Trinajstić information content (AvgIpc) is 2.31. The van der Waals surface area contributed by atoms with Crippen molar-refractivity contribution in [1.29, 1.82) is 0 Å². The first-order chi connectivity index (χ1) is 8.84. The molecule has 0 fully saturated rings. The molecule has 9 heteroatoms. The van der Waals surface area contributed by atoms with Gasteiger partial charge >= 0.3 is 12.2 Å². The Morgan fingerprint density at radius 2 is 2.00 bits per heavy atom. The molecule has 20 heavy (non-hydrogen) atoms. The van der Waals surface area contributed by atoms with Gasteiger partial charge in [0.25, 0.3) is 0 Å². The first-order valence-corrected chi connectivity index (χ1v) is 5.84. The van der Waals surface area contributed by atoms with Crippen molar-refractivity contribution in [2.75, 3.05) is 18.4 Å². The fourth-order valence-electron chi connectivity index (χ4n) is 1.27. The zero-order chi connectivity index (χ0) is 14.5. The van der Waals surface area contributed by atoms with Crippen LogP contribution in [-0.4, -0.2) is 19.1 Å². The van der Waals surface area contributed by atoms with E-state index in [0.717, 1.165) is 18.2 Å². The summed E-state index contributed by atoms with van der Waals surface area (Å²) < 4.78 is 37.5. The average molecular weight is 332 g/mol. The molecule has 0 atom stereocenters. The number of rotatable bonds is 4. The van der Waals surface area contributed by atoms with Crippen molar-refractivity contribution < 1.29 is 18.0 Å². The van der Waals surface area contributed by atoms with Crippen LogP contribution in [0.5, 0.6) is 0 Å². The smallest absolute Gasteiger partial charge is 0.338 e. The zero-order valence-corrected chi connectivity index (χ0v) is 11.8. The first kappa shape index (κ1) is 18.8. The van der Waals surface area contributed by atoms with Crippen molar-refractivity contribution in [3.63, 3.8) is 0 Å². The van der Waals surface area contributed by atoms with Crippen LogP contribution in [0.1, 0.15) is 12.0 Å². The summed E-state index contributed by atoms with van der Waals surface area (Å²) in [4.78, 5) is 11.4. The van der Waals surface area contributed by atoms with Crippen LogP contribution < -0.4 is 16.4 Å². The lowest BCUT2D eigenvalue weighted by atomic mass is 10.2. The summed E-state index contributed by atoms with van der Waals surface area (Å²) >= 11 is 5.72. The van der Waals surface area contributed by atoms with Gasteiger partial charge < -0.3 is 16.4 Å². The Labute approximate surface area is 125 Å². The normalized spacial score (nSPS) is 10.7. The van der Waals surface area contributed by atoms with Crippen LogP contribution in [0.2, 0.25) is 5.02 Å². The largest absolute Gasteiger partial charge is 0.416 e. The maximum absolute atomic E-state index is 12.5. The summed E-state index contributed by atoms with van der Waals surface area (Å²) in [5.74, 6) is 0. The summed E-state index contributed by atoms with van der Waals surface area (Å²) in [5, 5.41) is 4.74. The molecule has 0 saturated carbocycles. The number of anilines is 1. The summed E-state index contributed by atoms with van der Waals surface area (Å²) in [6.45, 7) is 0.740. The van der Waals surface area contributed by atoms with Gasteiger partial charge in [-0.15, -0.1) is 12.4 Å². The predicted octanol–water partition coefficient (Wildman–Crippen LogP) is 3.25. The molecule has 0 aromatic heterocycles. The standard InChI is InChI=1S/C11H13ClF3N3O.ClH/c12-8-3-2-7(11(13,14)15)6-9(8)18-10(19)17-5-1-4-16;/h2-3,6H,1,4-5,16H2,(H2,17,18,19);1H. The van der Waals surface area contributed by atoms with Crippen molar-refractivity contribution in [1.82, 2.24) is 5.32 Å². The fraction of sp³-hybridized carbons (Fsp3) is 0.364. The minimum atomic E-state index is -4.49. The zero-order valence-electron chi connectivity index (χ0n) is 10.3. The van der Waals surface area contributed by atoms with E-state index in [-0.39, 0.29) is 23.1 Å². The van der Waals surface area contributed by atoms with Gasteiger partial charge in [0.2, 0.25) is 0 Å². The third kappa shape index (κ3) is 5.85. The van der Waals surface area contributed by atoms with Crippen LogP contribution in [-0.2, 0) is 6.18 Å². The Morgan fingerprint density at radius 1 is 1.35 bits per heavy atom. The van der Waals surface area contributed by atoms with Crippen molar-refractivity contribution in [2.45, 2.75) is 12.6 Å². The highest BCUT2D eigenvalue weighted by Crippen LogP contribution is 2.33. The van der Waals surface area contributed by atoms with E-state index in [1.807, 2.05) is 0 Å². The van der Waals surface area contributed by atoms with Gasteiger partial charge in [0.1, 0.15) is 0 Å². The molecule has 0 saturated heterocycles. The number of carbonyl (C=O) groups is 1. The van der Waals surface area contributed by atoms with Crippen LogP contribution in [0, 0.1) is 0 Å². The number of amides is 2. The lowest BCUT2D eigenvalue weighted by molar-refractivity contribution is -0.137. The van der Waals surface area contributed by atoms with E-state index in [2.05, 4.69) is 10.6 Å². The van der Waals surface area contributed by atoms with E-state index < -0.39 is 17.8 Å². The van der Waals surface area contributed by atoms with Gasteiger partial charge in [0.15, 0.2) is 0 Å². The third-order valence-corrected chi connectivity index (χ3v) is 2.54. The summed E-state index contributed by atoms with van der Waals surface area (Å²) in [6, 6.07) is 2.08. The maximum Gasteiger partial charge on any atom is 0.416 e. The van der Waals surface area contributed by atoms with Gasteiger partial charge in [0, 0.05) is 6.54 Å². The number of hydrogen-bond acceptors (Lipinski definition) is 2. The van der Waals surface area contributed by atoms with Gasteiger partial charge in [-0.05, 0) is 31.2 Å². The second-order valence-corrected chi connectivity index (χ2v) is 4.12. The quantitative estimate of drug-likeness (QED) is 0.741. The van der Waals surface area contributed by atoms with E-state index >= 15 is 0 Å². The number of alkyl halides is 3. The number of halogens is 5. The second kappa shape index (κ2) is 8.18. The molecule has 0 heterocycles. The minimum absolute atomic E-state index is 0. The Morgan fingerprint density at radius 3 is 2.55 bits per heavy atom. The lowest BCUT2D eigenvalue weighted by Crippen LogP contribution is -2.30. The molecule has 2 amide bonds. The molecule has 1 rings (SSSR count). The van der Waals surface area contributed by atoms with Crippen LogP contribution in [0.3, 0.4) is 0 Å². The van der Waals surface area contributed by atoms with Crippen molar-refractivity contribution in [3.05, 3.63) is 28.8 Å². The molecule has 1 aromatic carbocycles. The molecule has 0 unspecified atom stereocenters. The molecule has 0 aliphatic heterocycles. The molecule has 4 nitrogen and oxygen atoms in total. The summed E-state index contributed by atoms with van der Waals surface area (Å²) in [5.41, 5.74) is 4.27. The number of carbonyl (C=O) groups excluding carboxylic acids is 1. The Bertz CT molecular complexity index is 455. The summed E-state index contributed by atoms with van der Waals surface area (Å²) in [6.07, 6.45) is -3.92. The number of nitrogens with one attached hydrogen (secondary N) is 2. The second-order valence-electron chi connectivity index (χ2n) is 3.72. The predicted molar refractivity (Wildman–Crippen MR) is 74.4 cm³/mol. The van der Waals surface area contributed by atoms with E-state index in [0.29, 0.717) is 19.5 Å². The molecule has 0 aliphatic rings. The van der Waals surface area contributed by atoms with E-state index in [1.54, 1.807) is 0 Å².